The normalized spacial score (nSPS) is 40.3. The van der Waals surface area contributed by atoms with Gasteiger partial charge >= 0.3 is 0 Å². The average molecular weight is 117 g/mol. The molecule has 1 radical (unpaired) electrons. The van der Waals surface area contributed by atoms with E-state index in [1.165, 1.54) is 0 Å². The van der Waals surface area contributed by atoms with Crippen LogP contribution in [0.1, 0.15) is 6.42 Å². The fourth-order valence-corrected chi connectivity index (χ4v) is 1.93. The van der Waals surface area contributed by atoms with Crippen LogP contribution in [0.2, 0.25) is 0 Å². The molecule has 0 bridgehead atoms. The highest BCUT2D eigenvalue weighted by atomic mass is 32.2. The van der Waals surface area contributed by atoms with E-state index in [0.717, 1.165) is 17.9 Å². The van der Waals surface area contributed by atoms with Crippen LogP contribution in [-0.2, 0) is 11.2 Å². The molecule has 0 N–H and O–H groups in total. The highest BCUT2D eigenvalue weighted by Crippen LogP contribution is 2.20. The summed E-state index contributed by atoms with van der Waals surface area (Å²) >= 11 is -0.462. The molecule has 0 saturated carbocycles. The maximum atomic E-state index is 10.4. The molecule has 0 aromatic rings. The van der Waals surface area contributed by atoms with Gasteiger partial charge in [-0.15, -0.1) is 0 Å². The zero-order valence-electron chi connectivity index (χ0n) is 4.22. The third-order valence-electron chi connectivity index (χ3n) is 1.25. The van der Waals surface area contributed by atoms with E-state index >= 15 is 0 Å². The lowest BCUT2D eigenvalue weighted by atomic mass is 10.1. The summed E-state index contributed by atoms with van der Waals surface area (Å²) in [5, 5.41) is 0. The first-order chi connectivity index (χ1) is 3.33. The third-order valence-corrected chi connectivity index (χ3v) is 2.94. The second kappa shape index (κ2) is 2.05. The maximum Gasteiger partial charge on any atom is 0.112 e. The first-order valence-electron chi connectivity index (χ1n) is 2.47. The fraction of sp³-hybridized carbons (Fsp3) is 0.800. The molecule has 0 aliphatic carbocycles. The molecular formula is C5H9OS. The third kappa shape index (κ3) is 1.10. The molecule has 7 heavy (non-hydrogen) atoms. The topological polar surface area (TPSA) is 23.1 Å². The predicted molar refractivity (Wildman–Crippen MR) is 31.3 cm³/mol. The summed E-state index contributed by atoms with van der Waals surface area (Å²) in [4.78, 5) is 0. The van der Waals surface area contributed by atoms with E-state index in [1.54, 1.807) is 0 Å². The Kier molecular flexibility index (Phi) is 1.60. The van der Waals surface area contributed by atoms with Gasteiger partial charge in [-0.05, 0) is 6.42 Å². The first-order valence-corrected chi connectivity index (χ1v) is 3.96. The van der Waals surface area contributed by atoms with Gasteiger partial charge in [-0.2, -0.15) is 0 Å². The van der Waals surface area contributed by atoms with Crippen molar-refractivity contribution in [2.75, 3.05) is 11.5 Å². The quantitative estimate of drug-likeness (QED) is 0.461. The molecule has 0 aromatic heterocycles. The zero-order valence-corrected chi connectivity index (χ0v) is 5.04. The van der Waals surface area contributed by atoms with Crippen LogP contribution in [0.5, 0.6) is 0 Å². The molecule has 1 rings (SSSR count). The van der Waals surface area contributed by atoms with Crippen LogP contribution in [0.3, 0.4) is 0 Å². The Balaban J connectivity index is 2.06. The molecular weight excluding hydrogens is 108 g/mol. The van der Waals surface area contributed by atoms with Gasteiger partial charge in [0.25, 0.3) is 0 Å². The lowest BCUT2D eigenvalue weighted by Crippen LogP contribution is -2.35. The van der Waals surface area contributed by atoms with Crippen LogP contribution < -0.4 is 0 Å². The van der Waals surface area contributed by atoms with Gasteiger partial charge in [-0.3, -0.25) is 0 Å². The molecule has 2 heteroatoms. The molecule has 0 amide bonds. The number of hydrogen-bond acceptors (Lipinski definition) is 1. The van der Waals surface area contributed by atoms with Crippen molar-refractivity contribution in [1.29, 1.82) is 0 Å². The highest BCUT2D eigenvalue weighted by Gasteiger charge is 2.29. The van der Waals surface area contributed by atoms with Crippen LogP contribution in [0.4, 0.5) is 0 Å². The fourth-order valence-electron chi connectivity index (χ4n) is 0.644. The lowest BCUT2D eigenvalue weighted by molar-refractivity contribution is 0.523. The molecule has 0 aromatic carbocycles. The van der Waals surface area contributed by atoms with Crippen molar-refractivity contribution in [2.24, 2.45) is 5.92 Å². The molecule has 41 valence electrons. The van der Waals surface area contributed by atoms with Crippen LogP contribution in [0.25, 0.3) is 0 Å². The molecule has 1 heterocycles. The largest absolute Gasteiger partial charge is 0.616 e. The Morgan fingerprint density at radius 2 is 2.29 bits per heavy atom. The Hall–Kier alpha value is 0.310. The minimum atomic E-state index is -0.462. The van der Waals surface area contributed by atoms with Gasteiger partial charge in [0.15, 0.2) is 0 Å². The Morgan fingerprint density at radius 1 is 1.71 bits per heavy atom. The second-order valence-electron chi connectivity index (χ2n) is 1.93. The Bertz CT molecular complexity index is 59.1. The molecule has 0 atom stereocenters. The summed E-state index contributed by atoms with van der Waals surface area (Å²) in [6.07, 6.45) is 0.964. The van der Waals surface area contributed by atoms with E-state index in [-0.39, 0.29) is 0 Å². The van der Waals surface area contributed by atoms with Gasteiger partial charge in [-0.25, -0.2) is 0 Å². The molecule has 1 aliphatic rings. The van der Waals surface area contributed by atoms with Crippen molar-refractivity contribution < 1.29 is 4.55 Å². The van der Waals surface area contributed by atoms with Gasteiger partial charge in [0.2, 0.25) is 0 Å². The summed E-state index contributed by atoms with van der Waals surface area (Å²) in [6.45, 7) is 3.71. The first kappa shape index (κ1) is 5.45. The zero-order chi connectivity index (χ0) is 5.28. The lowest BCUT2D eigenvalue weighted by Gasteiger charge is -2.27. The van der Waals surface area contributed by atoms with E-state index in [0.29, 0.717) is 5.92 Å². The summed E-state index contributed by atoms with van der Waals surface area (Å²) in [7, 11) is 0. The number of rotatable bonds is 1. The van der Waals surface area contributed by atoms with Crippen LogP contribution in [-0.4, -0.2) is 16.1 Å². The molecule has 1 nitrogen and oxygen atoms in total. The summed E-state index contributed by atoms with van der Waals surface area (Å²) in [5.74, 6) is 2.49. The summed E-state index contributed by atoms with van der Waals surface area (Å²) in [6, 6.07) is 0. The monoisotopic (exact) mass is 117 g/mol. The Labute approximate surface area is 47.3 Å². The second-order valence-corrected chi connectivity index (χ2v) is 3.47. The van der Waals surface area contributed by atoms with Crippen molar-refractivity contribution in [3.63, 3.8) is 0 Å². The summed E-state index contributed by atoms with van der Waals surface area (Å²) < 4.78 is 10.4. The molecule has 1 aliphatic heterocycles. The van der Waals surface area contributed by atoms with Crippen LogP contribution in [0, 0.1) is 12.8 Å². The van der Waals surface area contributed by atoms with E-state index in [9.17, 15) is 4.55 Å². The van der Waals surface area contributed by atoms with Crippen LogP contribution in [0.15, 0.2) is 0 Å². The molecule has 1 saturated heterocycles. The average Bonchev–Trinajstić information content (AvgIpc) is 1.58. The predicted octanol–water partition coefficient (Wildman–Crippen LogP) is 0.589. The van der Waals surface area contributed by atoms with Gasteiger partial charge < -0.3 is 4.55 Å². The Morgan fingerprint density at radius 3 is 2.43 bits per heavy atom. The summed E-state index contributed by atoms with van der Waals surface area (Å²) in [5.41, 5.74) is 0. The number of hydrogen-bond donors (Lipinski definition) is 0. The van der Waals surface area contributed by atoms with E-state index in [1.807, 2.05) is 0 Å². The maximum absolute atomic E-state index is 10.4. The van der Waals surface area contributed by atoms with Gasteiger partial charge in [0.1, 0.15) is 11.5 Å². The molecule has 0 unspecified atom stereocenters. The SMILES string of the molecule is [CH2]C[C@H]1C[S@+]([O-])C1. The van der Waals surface area contributed by atoms with Crippen LogP contribution >= 0.6 is 0 Å². The van der Waals surface area contributed by atoms with E-state index in [4.69, 9.17) is 0 Å². The van der Waals surface area contributed by atoms with Crippen molar-refractivity contribution in [1.82, 2.24) is 0 Å². The molecule has 1 fully saturated rings. The minimum absolute atomic E-state index is 0.462. The van der Waals surface area contributed by atoms with E-state index < -0.39 is 11.2 Å². The van der Waals surface area contributed by atoms with Crippen molar-refractivity contribution in [3.8, 4) is 0 Å². The van der Waals surface area contributed by atoms with Crippen molar-refractivity contribution in [3.05, 3.63) is 6.92 Å². The molecule has 0 spiro atoms. The van der Waals surface area contributed by atoms with Gasteiger partial charge in [0.05, 0.1) is 0 Å². The van der Waals surface area contributed by atoms with E-state index in [2.05, 4.69) is 6.92 Å². The smallest absolute Gasteiger partial charge is 0.112 e. The highest BCUT2D eigenvalue weighted by molar-refractivity contribution is 7.92. The van der Waals surface area contributed by atoms with Gasteiger partial charge in [-0.1, -0.05) is 18.1 Å². The van der Waals surface area contributed by atoms with Gasteiger partial charge in [0, 0.05) is 5.92 Å². The van der Waals surface area contributed by atoms with Crippen molar-refractivity contribution >= 4 is 11.2 Å². The van der Waals surface area contributed by atoms with Crippen molar-refractivity contribution in [2.45, 2.75) is 6.42 Å². The minimum Gasteiger partial charge on any atom is -0.616 e. The standard InChI is InChI=1S/C5H9OS/c1-2-5-3-7(6)4-5/h5H,1-4H2/t5-,7-.